The van der Waals surface area contributed by atoms with Gasteiger partial charge in [0.25, 0.3) is 5.91 Å². The first-order valence-electron chi connectivity index (χ1n) is 7.14. The average Bonchev–Trinajstić information content (AvgIpc) is 2.53. The molecule has 0 aromatic heterocycles. The Morgan fingerprint density at radius 3 is 2.38 bits per heavy atom. The molecule has 0 unspecified atom stereocenters. The van der Waals surface area contributed by atoms with Crippen LogP contribution in [-0.4, -0.2) is 48.7 Å². The third-order valence-electron chi connectivity index (χ3n) is 3.87. The number of carboxylic acid groups (broad SMARTS) is 1. The second-order valence-corrected chi connectivity index (χ2v) is 5.25. The Labute approximate surface area is 124 Å². The van der Waals surface area contributed by atoms with Crippen molar-refractivity contribution in [3.05, 3.63) is 29.8 Å². The maximum absolute atomic E-state index is 12.0. The normalized spacial score (nSPS) is 15.6. The zero-order chi connectivity index (χ0) is 15.2. The van der Waals surface area contributed by atoms with E-state index in [4.69, 9.17) is 5.11 Å². The van der Waals surface area contributed by atoms with Crippen LogP contribution in [0.2, 0.25) is 0 Å². The number of carbonyl (C=O) groups is 2. The molecular formula is C15H21N3O3. The van der Waals surface area contributed by atoms with E-state index in [-0.39, 0.29) is 5.91 Å². The molecule has 0 bridgehead atoms. The van der Waals surface area contributed by atoms with Crippen molar-refractivity contribution in [1.29, 1.82) is 0 Å². The molecule has 6 heteroatoms. The van der Waals surface area contributed by atoms with Crippen molar-refractivity contribution >= 4 is 17.7 Å². The van der Waals surface area contributed by atoms with E-state index in [1.807, 2.05) is 19.2 Å². The number of nitrogens with zero attached hydrogens (tertiary/aromatic N) is 1. The Kier molecular flexibility index (Phi) is 5.03. The summed E-state index contributed by atoms with van der Waals surface area (Å²) in [5, 5.41) is 14.8. The fourth-order valence-electron chi connectivity index (χ4n) is 2.46. The minimum Gasteiger partial charge on any atom is -0.465 e. The Morgan fingerprint density at radius 2 is 1.86 bits per heavy atom. The summed E-state index contributed by atoms with van der Waals surface area (Å²) >= 11 is 0. The molecule has 1 aromatic rings. The topological polar surface area (TPSA) is 81.7 Å². The van der Waals surface area contributed by atoms with Gasteiger partial charge in [-0.3, -0.25) is 4.79 Å². The number of anilines is 1. The quantitative estimate of drug-likeness (QED) is 0.790. The fourth-order valence-corrected chi connectivity index (χ4v) is 2.46. The Balaban J connectivity index is 1.77. The van der Waals surface area contributed by atoms with E-state index in [9.17, 15) is 9.59 Å². The molecule has 2 amide bonds. The highest BCUT2D eigenvalue weighted by atomic mass is 16.4. The van der Waals surface area contributed by atoms with Crippen molar-refractivity contribution in [1.82, 2.24) is 10.2 Å². The standard InChI is InChI=1S/C15H21N3O3/c1-16-13-4-2-12(3-5-13)14(19)17-10-11-6-8-18(9-7-11)15(20)21/h2-5,11,16H,6-10H2,1H3,(H,17,19)(H,20,21). The lowest BCUT2D eigenvalue weighted by molar-refractivity contribution is 0.0928. The van der Waals surface area contributed by atoms with E-state index in [1.54, 1.807) is 12.1 Å². The van der Waals surface area contributed by atoms with Crippen molar-refractivity contribution in [2.45, 2.75) is 12.8 Å². The highest BCUT2D eigenvalue weighted by Gasteiger charge is 2.22. The summed E-state index contributed by atoms with van der Waals surface area (Å²) in [6.45, 7) is 1.69. The highest BCUT2D eigenvalue weighted by molar-refractivity contribution is 5.94. The van der Waals surface area contributed by atoms with Crippen LogP contribution < -0.4 is 10.6 Å². The largest absolute Gasteiger partial charge is 0.465 e. The van der Waals surface area contributed by atoms with Gasteiger partial charge in [0.1, 0.15) is 0 Å². The molecule has 114 valence electrons. The number of nitrogens with one attached hydrogen (secondary N) is 2. The Morgan fingerprint density at radius 1 is 1.24 bits per heavy atom. The maximum Gasteiger partial charge on any atom is 0.407 e. The third-order valence-corrected chi connectivity index (χ3v) is 3.87. The van der Waals surface area contributed by atoms with Crippen molar-refractivity contribution in [2.75, 3.05) is 32.0 Å². The lowest BCUT2D eigenvalue weighted by Crippen LogP contribution is -2.40. The number of likely N-dealkylation sites (tertiary alicyclic amines) is 1. The van der Waals surface area contributed by atoms with Gasteiger partial charge in [0.15, 0.2) is 0 Å². The van der Waals surface area contributed by atoms with Gasteiger partial charge >= 0.3 is 6.09 Å². The monoisotopic (exact) mass is 291 g/mol. The molecule has 2 rings (SSSR count). The van der Waals surface area contributed by atoms with Gasteiger partial charge in [-0.15, -0.1) is 0 Å². The van der Waals surface area contributed by atoms with Crippen LogP contribution in [0.25, 0.3) is 0 Å². The molecule has 0 radical (unpaired) electrons. The van der Waals surface area contributed by atoms with Crippen LogP contribution in [0.1, 0.15) is 23.2 Å². The van der Waals surface area contributed by atoms with Gasteiger partial charge in [-0.25, -0.2) is 4.79 Å². The molecule has 1 aromatic carbocycles. The molecule has 0 atom stereocenters. The van der Waals surface area contributed by atoms with Gasteiger partial charge in [0, 0.05) is 37.9 Å². The van der Waals surface area contributed by atoms with Crippen molar-refractivity contribution in [2.24, 2.45) is 5.92 Å². The summed E-state index contributed by atoms with van der Waals surface area (Å²) in [4.78, 5) is 24.3. The number of benzene rings is 1. The first kappa shape index (κ1) is 15.2. The van der Waals surface area contributed by atoms with E-state index in [0.29, 0.717) is 31.1 Å². The van der Waals surface area contributed by atoms with Gasteiger partial charge in [-0.1, -0.05) is 0 Å². The molecule has 1 heterocycles. The zero-order valence-corrected chi connectivity index (χ0v) is 12.1. The van der Waals surface area contributed by atoms with Crippen molar-refractivity contribution < 1.29 is 14.7 Å². The molecule has 1 aliphatic rings. The molecule has 1 saturated heterocycles. The number of amides is 2. The summed E-state index contributed by atoms with van der Waals surface area (Å²) < 4.78 is 0. The van der Waals surface area contributed by atoms with Gasteiger partial charge in [0.05, 0.1) is 0 Å². The van der Waals surface area contributed by atoms with E-state index >= 15 is 0 Å². The van der Waals surface area contributed by atoms with Crippen molar-refractivity contribution in [3.63, 3.8) is 0 Å². The van der Waals surface area contributed by atoms with Gasteiger partial charge in [0.2, 0.25) is 0 Å². The third kappa shape index (κ3) is 4.11. The Bertz CT molecular complexity index is 493. The van der Waals surface area contributed by atoms with E-state index in [0.717, 1.165) is 18.5 Å². The Hall–Kier alpha value is -2.24. The predicted molar refractivity (Wildman–Crippen MR) is 80.6 cm³/mol. The summed E-state index contributed by atoms with van der Waals surface area (Å²) in [7, 11) is 1.83. The summed E-state index contributed by atoms with van der Waals surface area (Å²) in [6.07, 6.45) is 0.735. The molecule has 3 N–H and O–H groups in total. The van der Waals surface area contributed by atoms with Gasteiger partial charge < -0.3 is 20.6 Å². The highest BCUT2D eigenvalue weighted by Crippen LogP contribution is 2.16. The van der Waals surface area contributed by atoms with Gasteiger partial charge in [-0.05, 0) is 43.0 Å². The van der Waals surface area contributed by atoms with E-state index in [1.165, 1.54) is 4.90 Å². The van der Waals surface area contributed by atoms with Crippen molar-refractivity contribution in [3.8, 4) is 0 Å². The molecule has 6 nitrogen and oxygen atoms in total. The molecule has 21 heavy (non-hydrogen) atoms. The molecule has 0 spiro atoms. The first-order valence-corrected chi connectivity index (χ1v) is 7.14. The fraction of sp³-hybridized carbons (Fsp3) is 0.467. The minimum atomic E-state index is -0.859. The zero-order valence-electron chi connectivity index (χ0n) is 12.1. The second kappa shape index (κ2) is 6.97. The lowest BCUT2D eigenvalue weighted by Gasteiger charge is -2.29. The molecule has 0 saturated carbocycles. The van der Waals surface area contributed by atoms with E-state index in [2.05, 4.69) is 10.6 Å². The molecule has 1 fully saturated rings. The van der Waals surface area contributed by atoms with Crippen LogP contribution in [-0.2, 0) is 0 Å². The number of hydrogen-bond acceptors (Lipinski definition) is 3. The summed E-state index contributed by atoms with van der Waals surface area (Å²) in [6, 6.07) is 7.29. The minimum absolute atomic E-state index is 0.0849. The van der Waals surface area contributed by atoms with Crippen LogP contribution >= 0.6 is 0 Å². The molecular weight excluding hydrogens is 270 g/mol. The van der Waals surface area contributed by atoms with Crippen LogP contribution in [0.15, 0.2) is 24.3 Å². The maximum atomic E-state index is 12.0. The van der Waals surface area contributed by atoms with Crippen LogP contribution in [0.4, 0.5) is 10.5 Å². The van der Waals surface area contributed by atoms with Crippen LogP contribution in [0, 0.1) is 5.92 Å². The van der Waals surface area contributed by atoms with Gasteiger partial charge in [-0.2, -0.15) is 0 Å². The summed E-state index contributed by atoms with van der Waals surface area (Å²) in [5.74, 6) is 0.263. The first-order chi connectivity index (χ1) is 10.1. The average molecular weight is 291 g/mol. The number of carbonyl (C=O) groups excluding carboxylic acids is 1. The predicted octanol–water partition coefficient (Wildman–Crippen LogP) is 1.85. The van der Waals surface area contributed by atoms with Crippen LogP contribution in [0.5, 0.6) is 0 Å². The summed E-state index contributed by atoms with van der Waals surface area (Å²) in [5.41, 5.74) is 1.60. The number of piperidine rings is 1. The number of rotatable bonds is 4. The molecule has 0 aliphatic carbocycles. The lowest BCUT2D eigenvalue weighted by atomic mass is 9.97. The van der Waals surface area contributed by atoms with Crippen LogP contribution in [0.3, 0.4) is 0 Å². The number of hydrogen-bond donors (Lipinski definition) is 3. The SMILES string of the molecule is CNc1ccc(C(=O)NCC2CCN(C(=O)O)CC2)cc1. The van der Waals surface area contributed by atoms with E-state index < -0.39 is 6.09 Å². The second-order valence-electron chi connectivity index (χ2n) is 5.25. The molecule has 1 aliphatic heterocycles. The smallest absolute Gasteiger partial charge is 0.407 e.